The van der Waals surface area contributed by atoms with Gasteiger partial charge in [0.1, 0.15) is 0 Å². The van der Waals surface area contributed by atoms with Gasteiger partial charge in [0.25, 0.3) is 0 Å². The molecule has 0 aliphatic rings. The summed E-state index contributed by atoms with van der Waals surface area (Å²) < 4.78 is 13.5. The number of halogens is 1. The molecule has 0 fully saturated rings. The van der Waals surface area contributed by atoms with Gasteiger partial charge < -0.3 is 5.11 Å². The lowest BCUT2D eigenvalue weighted by Gasteiger charge is -2.09. The van der Waals surface area contributed by atoms with Crippen LogP contribution in [0.1, 0.15) is 24.7 Å². The second-order valence-corrected chi connectivity index (χ2v) is 6.14. The Bertz CT molecular complexity index is 459. The topological polar surface area (TPSA) is 72.2 Å². The Balaban J connectivity index is 2.77. The third-order valence-corrected chi connectivity index (χ3v) is 4.57. The summed E-state index contributed by atoms with van der Waals surface area (Å²) in [6.07, 6.45) is -0.110. The molecule has 0 spiro atoms. The van der Waals surface area contributed by atoms with Gasteiger partial charge in [-0.15, -0.1) is 0 Å². The van der Waals surface area contributed by atoms with Gasteiger partial charge in [0.2, 0.25) is 0 Å². The number of rotatable bonds is 5. The molecule has 0 bridgehead atoms. The molecule has 0 saturated carbocycles. The molecule has 0 aliphatic carbocycles. The van der Waals surface area contributed by atoms with Crippen LogP contribution in [0, 0.1) is 6.92 Å². The Morgan fingerprint density at radius 2 is 2.24 bits per heavy atom. The van der Waals surface area contributed by atoms with Crippen LogP contribution >= 0.6 is 11.6 Å². The molecule has 0 amide bonds. The first-order chi connectivity index (χ1) is 7.82. The maximum Gasteiger partial charge on any atom is 0.304 e. The average molecular weight is 279 g/mol. The van der Waals surface area contributed by atoms with Crippen molar-refractivity contribution in [3.63, 3.8) is 0 Å². The highest BCUT2D eigenvalue weighted by molar-refractivity contribution is 7.84. The Labute approximate surface area is 107 Å². The highest BCUT2D eigenvalue weighted by Gasteiger charge is 2.19. The zero-order chi connectivity index (χ0) is 13.2. The highest BCUT2D eigenvalue weighted by atomic mass is 35.5. The van der Waals surface area contributed by atoms with Crippen molar-refractivity contribution in [1.29, 1.82) is 0 Å². The largest absolute Gasteiger partial charge is 0.481 e. The van der Waals surface area contributed by atoms with Gasteiger partial charge in [-0.1, -0.05) is 18.5 Å². The van der Waals surface area contributed by atoms with E-state index in [-0.39, 0.29) is 12.2 Å². The smallest absolute Gasteiger partial charge is 0.304 e. The average Bonchev–Trinajstić information content (AvgIpc) is 2.44. The number of carbonyl (C=O) groups is 1. The van der Waals surface area contributed by atoms with Gasteiger partial charge in [0, 0.05) is 23.1 Å². The molecule has 1 rings (SSSR count). The molecule has 1 aromatic heterocycles. The quantitative estimate of drug-likeness (QED) is 0.886. The first-order valence-electron chi connectivity index (χ1n) is 5.09. The van der Waals surface area contributed by atoms with Crippen molar-refractivity contribution >= 4 is 28.4 Å². The molecule has 1 heterocycles. The van der Waals surface area contributed by atoms with Gasteiger partial charge in [-0.2, -0.15) is 5.10 Å². The van der Waals surface area contributed by atoms with Crippen LogP contribution in [0.5, 0.6) is 0 Å². The van der Waals surface area contributed by atoms with Gasteiger partial charge in [-0.3, -0.25) is 13.7 Å². The molecule has 0 aromatic carbocycles. The summed E-state index contributed by atoms with van der Waals surface area (Å²) in [6, 6.07) is 0. The third kappa shape index (κ3) is 3.54. The predicted molar refractivity (Wildman–Crippen MR) is 66.5 cm³/mol. The number of aliphatic carboxylic acids is 1. The van der Waals surface area contributed by atoms with E-state index in [4.69, 9.17) is 16.7 Å². The van der Waals surface area contributed by atoms with Crippen LogP contribution in [0.15, 0.2) is 0 Å². The molecule has 1 aromatic rings. The summed E-state index contributed by atoms with van der Waals surface area (Å²) in [6.45, 7) is 3.43. The molecule has 2 atom stereocenters. The molecule has 17 heavy (non-hydrogen) atoms. The van der Waals surface area contributed by atoms with Crippen molar-refractivity contribution in [2.24, 2.45) is 7.05 Å². The van der Waals surface area contributed by atoms with E-state index in [1.807, 2.05) is 0 Å². The summed E-state index contributed by atoms with van der Waals surface area (Å²) in [5.74, 6) is -0.719. The fourth-order valence-electron chi connectivity index (χ4n) is 1.45. The lowest BCUT2D eigenvalue weighted by molar-refractivity contribution is -0.136. The van der Waals surface area contributed by atoms with Crippen LogP contribution in [0.4, 0.5) is 0 Å². The summed E-state index contributed by atoms with van der Waals surface area (Å²) in [7, 11) is 0.460. The van der Waals surface area contributed by atoms with Crippen molar-refractivity contribution < 1.29 is 14.1 Å². The van der Waals surface area contributed by atoms with Gasteiger partial charge in [0.15, 0.2) is 0 Å². The molecular formula is C10H15ClN2O3S. The Hall–Kier alpha value is -0.880. The second kappa shape index (κ2) is 5.64. The van der Waals surface area contributed by atoms with E-state index in [1.165, 1.54) is 0 Å². The van der Waals surface area contributed by atoms with E-state index in [0.29, 0.717) is 16.4 Å². The molecule has 96 valence electrons. The van der Waals surface area contributed by atoms with Gasteiger partial charge in [-0.25, -0.2) is 0 Å². The minimum absolute atomic E-state index is 0.110. The van der Waals surface area contributed by atoms with Crippen molar-refractivity contribution in [2.45, 2.75) is 31.3 Å². The van der Waals surface area contributed by atoms with E-state index in [2.05, 4.69) is 5.10 Å². The lowest BCUT2D eigenvalue weighted by Crippen LogP contribution is -2.18. The lowest BCUT2D eigenvalue weighted by atomic mass is 10.3. The second-order valence-electron chi connectivity index (χ2n) is 3.90. The Kier molecular flexibility index (Phi) is 4.70. The minimum Gasteiger partial charge on any atom is -0.481 e. The van der Waals surface area contributed by atoms with Crippen molar-refractivity contribution in [3.05, 3.63) is 16.4 Å². The number of hydrogen-bond acceptors (Lipinski definition) is 3. The van der Waals surface area contributed by atoms with Gasteiger partial charge >= 0.3 is 5.97 Å². The van der Waals surface area contributed by atoms with Crippen LogP contribution in [-0.2, 0) is 28.4 Å². The maximum absolute atomic E-state index is 11.9. The molecule has 0 radical (unpaired) electrons. The number of carboxylic acids is 1. The first kappa shape index (κ1) is 14.2. The van der Waals surface area contributed by atoms with E-state index >= 15 is 0 Å². The summed E-state index contributed by atoms with van der Waals surface area (Å²) in [5, 5.41) is 12.9. The van der Waals surface area contributed by atoms with Crippen LogP contribution in [0.2, 0.25) is 5.02 Å². The number of carboxylic acid groups (broad SMARTS) is 1. The molecule has 5 nitrogen and oxygen atoms in total. The van der Waals surface area contributed by atoms with Crippen LogP contribution in [0.3, 0.4) is 0 Å². The van der Waals surface area contributed by atoms with Crippen molar-refractivity contribution in [2.75, 3.05) is 0 Å². The molecule has 0 saturated heterocycles. The van der Waals surface area contributed by atoms with Crippen molar-refractivity contribution in [1.82, 2.24) is 9.78 Å². The van der Waals surface area contributed by atoms with E-state index in [1.54, 1.807) is 25.6 Å². The zero-order valence-corrected chi connectivity index (χ0v) is 11.5. The zero-order valence-electron chi connectivity index (χ0n) is 9.94. The SMILES string of the molecule is Cc1nn(C)c(CS(=O)C(C)CC(=O)O)c1Cl. The van der Waals surface area contributed by atoms with E-state index < -0.39 is 22.0 Å². The molecule has 0 aliphatic heterocycles. The third-order valence-electron chi connectivity index (χ3n) is 2.45. The van der Waals surface area contributed by atoms with Crippen molar-refractivity contribution in [3.8, 4) is 0 Å². The number of hydrogen-bond donors (Lipinski definition) is 1. The predicted octanol–water partition coefficient (Wildman–Crippen LogP) is 1.49. The molecule has 2 unspecified atom stereocenters. The Morgan fingerprint density at radius 1 is 1.65 bits per heavy atom. The highest BCUT2D eigenvalue weighted by Crippen LogP contribution is 2.21. The number of aryl methyl sites for hydroxylation is 2. The molecule has 7 heteroatoms. The standard InChI is InChI=1S/C10H15ClN2O3S/c1-6(4-9(14)15)17(16)5-8-10(11)7(2)12-13(8)3/h6H,4-5H2,1-3H3,(H,14,15). The normalized spacial score (nSPS) is 14.6. The maximum atomic E-state index is 11.9. The fourth-order valence-corrected chi connectivity index (χ4v) is 2.97. The van der Waals surface area contributed by atoms with E-state index in [0.717, 1.165) is 0 Å². The van der Waals surface area contributed by atoms with Crippen LogP contribution in [0.25, 0.3) is 0 Å². The summed E-state index contributed by atoms with van der Waals surface area (Å²) in [5.41, 5.74) is 1.37. The summed E-state index contributed by atoms with van der Waals surface area (Å²) in [4.78, 5) is 10.5. The fraction of sp³-hybridized carbons (Fsp3) is 0.600. The Morgan fingerprint density at radius 3 is 2.65 bits per heavy atom. The molecular weight excluding hydrogens is 264 g/mol. The van der Waals surface area contributed by atoms with Crippen LogP contribution < -0.4 is 0 Å². The monoisotopic (exact) mass is 278 g/mol. The van der Waals surface area contributed by atoms with Gasteiger partial charge in [-0.05, 0) is 6.92 Å². The number of aromatic nitrogens is 2. The summed E-state index contributed by atoms with van der Waals surface area (Å²) >= 11 is 6.03. The van der Waals surface area contributed by atoms with E-state index in [9.17, 15) is 9.00 Å². The first-order valence-corrected chi connectivity index (χ1v) is 6.85. The number of nitrogens with zero attached hydrogens (tertiary/aromatic N) is 2. The van der Waals surface area contributed by atoms with Gasteiger partial charge in [0.05, 0.1) is 28.6 Å². The minimum atomic E-state index is -1.27. The molecule has 1 N–H and O–H groups in total. The van der Waals surface area contributed by atoms with Crippen LogP contribution in [-0.4, -0.2) is 30.3 Å².